The van der Waals surface area contributed by atoms with E-state index in [1.807, 2.05) is 6.92 Å². The van der Waals surface area contributed by atoms with Crippen LogP contribution in [0.15, 0.2) is 17.0 Å². The number of unbranched alkanes of at least 4 members (excludes halogenated alkanes) is 1. The van der Waals surface area contributed by atoms with Crippen molar-refractivity contribution in [3.8, 4) is 0 Å². The summed E-state index contributed by atoms with van der Waals surface area (Å²) in [4.78, 5) is 8.55. The molecule has 5 heteroatoms. The largest absolute Gasteiger partial charge is 0.460 e. The van der Waals surface area contributed by atoms with E-state index in [0.29, 0.717) is 12.5 Å². The number of fused-ring (bicyclic) bond motifs is 1. The molecule has 3 atom stereocenters. The molecule has 0 amide bonds. The van der Waals surface area contributed by atoms with Gasteiger partial charge in [-0.2, -0.15) is 0 Å². The quantitative estimate of drug-likeness (QED) is 0.759. The van der Waals surface area contributed by atoms with Crippen LogP contribution in [-0.4, -0.2) is 29.3 Å². The van der Waals surface area contributed by atoms with Crippen LogP contribution in [0.5, 0.6) is 0 Å². The highest BCUT2D eigenvalue weighted by molar-refractivity contribution is 5.78. The Bertz CT molecular complexity index is 625. The van der Waals surface area contributed by atoms with Gasteiger partial charge in [0.05, 0.1) is 30.8 Å². The summed E-state index contributed by atoms with van der Waals surface area (Å²) in [5, 5.41) is 0. The predicted molar refractivity (Wildman–Crippen MR) is 83.7 cm³/mol. The maximum Gasteiger partial charge on any atom is 0.173 e. The molecule has 1 aliphatic heterocycles. The van der Waals surface area contributed by atoms with Crippen molar-refractivity contribution >= 4 is 11.1 Å². The topological polar surface area (TPSA) is 57.4 Å². The van der Waals surface area contributed by atoms with Gasteiger partial charge in [0.25, 0.3) is 0 Å². The number of ether oxygens (including phenoxy) is 2. The summed E-state index contributed by atoms with van der Waals surface area (Å²) in [6, 6.07) is 0. The molecular weight excluding hydrogens is 280 g/mol. The molecule has 22 heavy (non-hydrogen) atoms. The van der Waals surface area contributed by atoms with Crippen LogP contribution in [0.25, 0.3) is 11.1 Å². The predicted octanol–water partition coefficient (Wildman–Crippen LogP) is 3.81. The molecule has 1 saturated heterocycles. The molecule has 0 unspecified atom stereocenters. The first-order valence-corrected chi connectivity index (χ1v) is 8.12. The fourth-order valence-corrected chi connectivity index (χ4v) is 3.07. The summed E-state index contributed by atoms with van der Waals surface area (Å²) in [5.41, 5.74) is 3.53. The molecule has 1 fully saturated rings. The summed E-state index contributed by atoms with van der Waals surface area (Å²) in [6.45, 7) is 7.80. The Hall–Kier alpha value is -1.46. The molecule has 0 aromatic carbocycles. The summed E-state index contributed by atoms with van der Waals surface area (Å²) >= 11 is 0. The molecule has 0 N–H and O–H groups in total. The molecule has 3 heterocycles. The maximum absolute atomic E-state index is 6.20. The van der Waals surface area contributed by atoms with E-state index in [1.165, 1.54) is 0 Å². The van der Waals surface area contributed by atoms with Crippen molar-refractivity contribution in [2.45, 2.75) is 52.2 Å². The van der Waals surface area contributed by atoms with Crippen molar-refractivity contribution in [2.75, 3.05) is 13.2 Å². The van der Waals surface area contributed by atoms with Gasteiger partial charge >= 0.3 is 0 Å². The molecule has 0 radical (unpaired) electrons. The molecule has 2 aromatic rings. The maximum atomic E-state index is 6.20. The minimum atomic E-state index is 0.0234. The van der Waals surface area contributed by atoms with Gasteiger partial charge in [-0.05, 0) is 25.7 Å². The molecule has 0 spiro atoms. The van der Waals surface area contributed by atoms with E-state index < -0.39 is 0 Å². The molecule has 120 valence electrons. The molecule has 0 bridgehead atoms. The summed E-state index contributed by atoms with van der Waals surface area (Å²) in [7, 11) is 0. The van der Waals surface area contributed by atoms with Crippen molar-refractivity contribution in [3.63, 3.8) is 0 Å². The number of hydrogen-bond donors (Lipinski definition) is 0. The monoisotopic (exact) mass is 304 g/mol. The number of hydrogen-bond acceptors (Lipinski definition) is 5. The SMILES string of the molecule is CCCCOC[C@@H]1C[C@H](C)[C@H](c2coc3c(C)ncnc23)O1. The van der Waals surface area contributed by atoms with E-state index >= 15 is 0 Å². The van der Waals surface area contributed by atoms with E-state index in [9.17, 15) is 0 Å². The minimum absolute atomic E-state index is 0.0234. The molecule has 0 saturated carbocycles. The Morgan fingerprint density at radius 2 is 2.23 bits per heavy atom. The van der Waals surface area contributed by atoms with Crippen LogP contribution in [0.4, 0.5) is 0 Å². The van der Waals surface area contributed by atoms with Crippen molar-refractivity contribution in [1.29, 1.82) is 0 Å². The third-order valence-electron chi connectivity index (χ3n) is 4.30. The van der Waals surface area contributed by atoms with Crippen molar-refractivity contribution in [1.82, 2.24) is 9.97 Å². The molecule has 2 aromatic heterocycles. The lowest BCUT2D eigenvalue weighted by molar-refractivity contribution is -0.0195. The van der Waals surface area contributed by atoms with Gasteiger partial charge in [-0.3, -0.25) is 0 Å². The van der Waals surface area contributed by atoms with Crippen molar-refractivity contribution in [2.24, 2.45) is 5.92 Å². The first-order valence-electron chi connectivity index (χ1n) is 8.12. The normalized spacial score (nSPS) is 25.1. The highest BCUT2D eigenvalue weighted by atomic mass is 16.5. The van der Waals surface area contributed by atoms with Gasteiger partial charge in [0, 0.05) is 12.2 Å². The van der Waals surface area contributed by atoms with Gasteiger partial charge in [-0.25, -0.2) is 9.97 Å². The van der Waals surface area contributed by atoms with Gasteiger partial charge in [-0.15, -0.1) is 0 Å². The lowest BCUT2D eigenvalue weighted by atomic mass is 9.97. The molecule has 5 nitrogen and oxygen atoms in total. The van der Waals surface area contributed by atoms with Gasteiger partial charge < -0.3 is 13.9 Å². The lowest BCUT2D eigenvalue weighted by Crippen LogP contribution is -2.15. The standard InChI is InChI=1S/C17H24N2O3/c1-4-5-6-20-8-13-7-11(2)16(22-13)14-9-21-17-12(3)18-10-19-15(14)17/h9-11,13,16H,4-8H2,1-3H3/t11-,13-,16+/m0/s1. The second-order valence-corrected chi connectivity index (χ2v) is 6.15. The zero-order valence-electron chi connectivity index (χ0n) is 13.5. The molecule has 1 aliphatic rings. The van der Waals surface area contributed by atoms with Crippen LogP contribution in [0, 0.1) is 12.8 Å². The zero-order valence-corrected chi connectivity index (χ0v) is 13.5. The highest BCUT2D eigenvalue weighted by Crippen LogP contribution is 2.41. The Kier molecular flexibility index (Phi) is 4.74. The second kappa shape index (κ2) is 6.75. The number of furan rings is 1. The smallest absolute Gasteiger partial charge is 0.173 e. The third kappa shape index (κ3) is 3.01. The van der Waals surface area contributed by atoms with Crippen LogP contribution in [0.3, 0.4) is 0 Å². The van der Waals surface area contributed by atoms with E-state index in [-0.39, 0.29) is 12.2 Å². The average Bonchev–Trinajstić information content (AvgIpc) is 3.08. The first-order chi connectivity index (χ1) is 10.7. The summed E-state index contributed by atoms with van der Waals surface area (Å²) in [5.74, 6) is 0.427. The molecule has 3 rings (SSSR count). The first kappa shape index (κ1) is 15.4. The molecule has 0 aliphatic carbocycles. The number of nitrogens with zero attached hydrogens (tertiary/aromatic N) is 2. The van der Waals surface area contributed by atoms with E-state index in [4.69, 9.17) is 13.9 Å². The molecular formula is C17H24N2O3. The fraction of sp³-hybridized carbons (Fsp3) is 0.647. The zero-order chi connectivity index (χ0) is 15.5. The van der Waals surface area contributed by atoms with Crippen molar-refractivity contribution in [3.05, 3.63) is 23.8 Å². The van der Waals surface area contributed by atoms with Crippen LogP contribution >= 0.6 is 0 Å². The summed E-state index contributed by atoms with van der Waals surface area (Å²) in [6.07, 6.45) is 6.81. The average molecular weight is 304 g/mol. The van der Waals surface area contributed by atoms with Crippen LogP contribution in [0.2, 0.25) is 0 Å². The van der Waals surface area contributed by atoms with Crippen LogP contribution < -0.4 is 0 Å². The van der Waals surface area contributed by atoms with Gasteiger partial charge in [0.15, 0.2) is 5.58 Å². The highest BCUT2D eigenvalue weighted by Gasteiger charge is 2.35. The Morgan fingerprint density at radius 3 is 3.05 bits per heavy atom. The fourth-order valence-electron chi connectivity index (χ4n) is 3.07. The van der Waals surface area contributed by atoms with E-state index in [0.717, 1.165) is 48.2 Å². The Labute approximate surface area is 131 Å². The van der Waals surface area contributed by atoms with Gasteiger partial charge in [-0.1, -0.05) is 20.3 Å². The van der Waals surface area contributed by atoms with E-state index in [2.05, 4.69) is 23.8 Å². The lowest BCUT2D eigenvalue weighted by Gasteiger charge is -2.14. The van der Waals surface area contributed by atoms with E-state index in [1.54, 1.807) is 12.6 Å². The van der Waals surface area contributed by atoms with Crippen LogP contribution in [0.1, 0.15) is 50.5 Å². The number of rotatable bonds is 6. The Balaban J connectivity index is 1.70. The number of aryl methyl sites for hydroxylation is 1. The second-order valence-electron chi connectivity index (χ2n) is 6.15. The number of aromatic nitrogens is 2. The summed E-state index contributed by atoms with van der Waals surface area (Å²) < 4.78 is 17.6. The minimum Gasteiger partial charge on any atom is -0.460 e. The van der Waals surface area contributed by atoms with Crippen molar-refractivity contribution < 1.29 is 13.9 Å². The van der Waals surface area contributed by atoms with Gasteiger partial charge in [0.2, 0.25) is 0 Å². The Morgan fingerprint density at radius 1 is 1.36 bits per heavy atom. The third-order valence-corrected chi connectivity index (χ3v) is 4.30. The van der Waals surface area contributed by atoms with Crippen LogP contribution in [-0.2, 0) is 9.47 Å². The van der Waals surface area contributed by atoms with Gasteiger partial charge in [0.1, 0.15) is 11.8 Å².